The first-order valence-corrected chi connectivity index (χ1v) is 11.5. The van der Waals surface area contributed by atoms with Crippen LogP contribution in [0, 0.1) is 10.5 Å². The zero-order valence-electron chi connectivity index (χ0n) is 15.9. The number of sulfonamides is 1. The molecule has 0 bridgehead atoms. The van der Waals surface area contributed by atoms with Gasteiger partial charge in [0.2, 0.25) is 0 Å². The van der Waals surface area contributed by atoms with Crippen molar-refractivity contribution < 1.29 is 13.3 Å². The third-order valence-electron chi connectivity index (χ3n) is 4.20. The maximum absolute atomic E-state index is 13.3. The number of benzene rings is 3. The first kappa shape index (κ1) is 21.3. The second-order valence-electron chi connectivity index (χ2n) is 6.35. The van der Waals surface area contributed by atoms with Crippen LogP contribution in [0.2, 0.25) is 0 Å². The van der Waals surface area contributed by atoms with Gasteiger partial charge in [0.25, 0.3) is 10.0 Å². The first-order chi connectivity index (χ1) is 14.0. The lowest BCUT2D eigenvalue weighted by Gasteiger charge is -2.24. The van der Waals surface area contributed by atoms with Crippen LogP contribution in [0.1, 0.15) is 11.1 Å². The van der Waals surface area contributed by atoms with Crippen molar-refractivity contribution in [2.45, 2.75) is 18.4 Å². The Labute approximate surface area is 185 Å². The maximum Gasteiger partial charge on any atom is 0.264 e. The number of anilines is 1. The second-order valence-corrected chi connectivity index (χ2v) is 9.37. The molecule has 0 aliphatic carbocycles. The minimum Gasteiger partial charge on any atom is -0.391 e. The molecule has 3 aromatic carbocycles. The van der Waals surface area contributed by atoms with Gasteiger partial charge in [-0.2, -0.15) is 0 Å². The lowest BCUT2D eigenvalue weighted by atomic mass is 10.2. The molecule has 0 radical (unpaired) electrons. The molecule has 150 valence electrons. The minimum absolute atomic E-state index is 0.0605. The number of oxime groups is 1. The zero-order chi connectivity index (χ0) is 20.7. The Morgan fingerprint density at radius 2 is 1.62 bits per heavy atom. The molecule has 0 aliphatic rings. The molecule has 0 heterocycles. The molecule has 0 saturated carbocycles. The summed E-state index contributed by atoms with van der Waals surface area (Å²) >= 11 is 2.13. The molecule has 0 unspecified atom stereocenters. The molecule has 5 nitrogen and oxygen atoms in total. The van der Waals surface area contributed by atoms with Crippen LogP contribution < -0.4 is 4.31 Å². The molecular formula is C22H21IN2O3S. The Kier molecular flexibility index (Phi) is 7.27. The monoisotopic (exact) mass is 520 g/mol. The van der Waals surface area contributed by atoms with Crippen molar-refractivity contribution in [3.8, 4) is 0 Å². The van der Waals surface area contributed by atoms with Crippen molar-refractivity contribution in [3.05, 3.63) is 93.6 Å². The summed E-state index contributed by atoms with van der Waals surface area (Å²) in [6.45, 7) is 2.31. The second kappa shape index (κ2) is 9.89. The summed E-state index contributed by atoms with van der Waals surface area (Å²) in [7, 11) is -3.75. The SMILES string of the molecule is Cc1ccc(S(=O)(=O)N(C/C=N\OCc2ccccc2)c2ccccc2I)cc1. The largest absolute Gasteiger partial charge is 0.391 e. The van der Waals surface area contributed by atoms with Crippen molar-refractivity contribution in [2.75, 3.05) is 10.8 Å². The highest BCUT2D eigenvalue weighted by Crippen LogP contribution is 2.27. The quantitative estimate of drug-likeness (QED) is 0.239. The van der Waals surface area contributed by atoms with Gasteiger partial charge < -0.3 is 4.84 Å². The standard InChI is InChI=1S/C22H21IN2O3S/c1-18-11-13-20(14-12-18)29(26,27)25(22-10-6-5-9-21(22)23)16-15-24-28-17-19-7-3-2-4-8-19/h2-15H,16-17H2,1H3/b24-15-. The predicted molar refractivity (Wildman–Crippen MR) is 125 cm³/mol. The average Bonchev–Trinajstić information content (AvgIpc) is 2.72. The number of nitrogens with zero attached hydrogens (tertiary/aromatic N) is 2. The van der Waals surface area contributed by atoms with E-state index in [-0.39, 0.29) is 11.4 Å². The molecule has 0 spiro atoms. The van der Waals surface area contributed by atoms with Crippen LogP contribution in [0.25, 0.3) is 0 Å². The number of aryl methyl sites for hydroxylation is 1. The van der Waals surface area contributed by atoms with E-state index in [0.29, 0.717) is 12.3 Å². The van der Waals surface area contributed by atoms with Gasteiger partial charge in [-0.15, -0.1) is 0 Å². The Hall–Kier alpha value is -2.39. The Morgan fingerprint density at radius 1 is 0.966 bits per heavy atom. The third kappa shape index (κ3) is 5.57. The molecule has 0 amide bonds. The Balaban J connectivity index is 1.81. The highest BCUT2D eigenvalue weighted by Gasteiger charge is 2.25. The average molecular weight is 520 g/mol. The van der Waals surface area contributed by atoms with Gasteiger partial charge in [0, 0.05) is 3.57 Å². The van der Waals surface area contributed by atoms with Crippen molar-refractivity contribution in [1.29, 1.82) is 0 Å². The number of halogens is 1. The topological polar surface area (TPSA) is 59.0 Å². The molecule has 0 N–H and O–H groups in total. The first-order valence-electron chi connectivity index (χ1n) is 9.00. The van der Waals surface area contributed by atoms with Crippen LogP contribution in [-0.2, 0) is 21.5 Å². The smallest absolute Gasteiger partial charge is 0.264 e. The van der Waals surface area contributed by atoms with Crippen molar-refractivity contribution in [2.24, 2.45) is 5.16 Å². The van der Waals surface area contributed by atoms with Gasteiger partial charge in [0.05, 0.1) is 23.3 Å². The molecule has 3 aromatic rings. The molecule has 0 saturated heterocycles. The van der Waals surface area contributed by atoms with Gasteiger partial charge in [-0.05, 0) is 59.3 Å². The van der Waals surface area contributed by atoms with Crippen LogP contribution in [0.5, 0.6) is 0 Å². The van der Waals surface area contributed by atoms with E-state index >= 15 is 0 Å². The van der Waals surface area contributed by atoms with Gasteiger partial charge in [0.1, 0.15) is 6.61 Å². The van der Waals surface area contributed by atoms with Crippen molar-refractivity contribution in [3.63, 3.8) is 0 Å². The molecule has 0 aliphatic heterocycles. The number of hydrogen-bond donors (Lipinski definition) is 0. The summed E-state index contributed by atoms with van der Waals surface area (Å²) in [6, 6.07) is 23.8. The van der Waals surface area contributed by atoms with E-state index in [1.54, 1.807) is 30.3 Å². The van der Waals surface area contributed by atoms with Gasteiger partial charge in [-0.1, -0.05) is 65.3 Å². The van der Waals surface area contributed by atoms with Crippen LogP contribution in [0.15, 0.2) is 88.9 Å². The molecule has 3 rings (SSSR count). The highest BCUT2D eigenvalue weighted by molar-refractivity contribution is 14.1. The molecule has 0 fully saturated rings. The minimum atomic E-state index is -3.75. The summed E-state index contributed by atoms with van der Waals surface area (Å²) in [4.78, 5) is 5.55. The lowest BCUT2D eigenvalue weighted by molar-refractivity contribution is 0.131. The summed E-state index contributed by atoms with van der Waals surface area (Å²) in [5.41, 5.74) is 2.59. The van der Waals surface area contributed by atoms with Crippen LogP contribution in [0.3, 0.4) is 0 Å². The summed E-state index contributed by atoms with van der Waals surface area (Å²) in [6.07, 6.45) is 1.47. The molecular weight excluding hydrogens is 499 g/mol. The molecule has 7 heteroatoms. The van der Waals surface area contributed by atoms with E-state index in [2.05, 4.69) is 27.7 Å². The number of hydrogen-bond acceptors (Lipinski definition) is 4. The van der Waals surface area contributed by atoms with E-state index < -0.39 is 10.0 Å². The molecule has 29 heavy (non-hydrogen) atoms. The summed E-state index contributed by atoms with van der Waals surface area (Å²) in [5.74, 6) is 0. The van der Waals surface area contributed by atoms with Gasteiger partial charge in [-0.3, -0.25) is 4.31 Å². The van der Waals surface area contributed by atoms with E-state index in [4.69, 9.17) is 4.84 Å². The van der Waals surface area contributed by atoms with E-state index in [0.717, 1.165) is 14.7 Å². The Morgan fingerprint density at radius 3 is 2.31 bits per heavy atom. The fraction of sp³-hybridized carbons (Fsp3) is 0.136. The van der Waals surface area contributed by atoms with Gasteiger partial charge in [-0.25, -0.2) is 8.42 Å². The highest BCUT2D eigenvalue weighted by atomic mass is 127. The maximum atomic E-state index is 13.3. The van der Waals surface area contributed by atoms with Crippen molar-refractivity contribution >= 4 is 44.5 Å². The Bertz CT molecular complexity index is 1070. The van der Waals surface area contributed by atoms with E-state index in [9.17, 15) is 8.42 Å². The van der Waals surface area contributed by atoms with Gasteiger partial charge >= 0.3 is 0 Å². The molecule has 0 atom stereocenters. The fourth-order valence-corrected chi connectivity index (χ4v) is 4.92. The predicted octanol–water partition coefficient (Wildman–Crippen LogP) is 5.00. The number of para-hydroxylation sites is 1. The zero-order valence-corrected chi connectivity index (χ0v) is 18.9. The third-order valence-corrected chi connectivity index (χ3v) is 6.91. The normalized spacial score (nSPS) is 11.5. The summed E-state index contributed by atoms with van der Waals surface area (Å²) < 4.78 is 28.8. The molecule has 0 aromatic heterocycles. The van der Waals surface area contributed by atoms with Gasteiger partial charge in [0.15, 0.2) is 0 Å². The van der Waals surface area contributed by atoms with E-state index in [1.807, 2.05) is 55.5 Å². The van der Waals surface area contributed by atoms with Crippen molar-refractivity contribution in [1.82, 2.24) is 0 Å². The van der Waals surface area contributed by atoms with Crippen LogP contribution in [-0.4, -0.2) is 21.2 Å². The fourth-order valence-electron chi connectivity index (χ4n) is 2.66. The number of rotatable bonds is 8. The van der Waals surface area contributed by atoms with E-state index in [1.165, 1.54) is 10.5 Å². The lowest BCUT2D eigenvalue weighted by Crippen LogP contribution is -2.33. The van der Waals surface area contributed by atoms with Crippen LogP contribution in [0.4, 0.5) is 5.69 Å². The van der Waals surface area contributed by atoms with Crippen LogP contribution >= 0.6 is 22.6 Å². The summed E-state index contributed by atoms with van der Waals surface area (Å²) in [5, 5.41) is 3.95.